The summed E-state index contributed by atoms with van der Waals surface area (Å²) in [5.74, 6) is -0.907. The summed E-state index contributed by atoms with van der Waals surface area (Å²) in [4.78, 5) is 24.8. The third-order valence-corrected chi connectivity index (χ3v) is 5.21. The van der Waals surface area contributed by atoms with E-state index in [4.69, 9.17) is 9.84 Å². The lowest BCUT2D eigenvalue weighted by Gasteiger charge is -2.34. The monoisotopic (exact) mass is 349 g/mol. The van der Waals surface area contributed by atoms with Gasteiger partial charge in [-0.25, -0.2) is 9.59 Å². The maximum atomic E-state index is 12.3. The predicted octanol–water partition coefficient (Wildman–Crippen LogP) is 3.65. The Morgan fingerprint density at radius 1 is 1.04 bits per heavy atom. The summed E-state index contributed by atoms with van der Waals surface area (Å²) < 4.78 is 5.55. The maximum absolute atomic E-state index is 12.3. The molecular formula is C21H19NO4. The van der Waals surface area contributed by atoms with Gasteiger partial charge in [-0.1, -0.05) is 48.5 Å². The zero-order valence-electron chi connectivity index (χ0n) is 14.4. The maximum Gasteiger partial charge on any atom is 0.410 e. The van der Waals surface area contributed by atoms with Crippen LogP contribution in [-0.4, -0.2) is 41.8 Å². The Kier molecular flexibility index (Phi) is 3.99. The van der Waals surface area contributed by atoms with Crippen LogP contribution in [-0.2, 0) is 9.53 Å². The van der Waals surface area contributed by atoms with Crippen molar-refractivity contribution in [1.29, 1.82) is 0 Å². The second-order valence-corrected chi connectivity index (χ2v) is 6.69. The van der Waals surface area contributed by atoms with E-state index in [1.807, 2.05) is 24.3 Å². The number of hydrogen-bond donors (Lipinski definition) is 1. The number of fused-ring (bicyclic) bond motifs is 3. The molecule has 0 radical (unpaired) electrons. The van der Waals surface area contributed by atoms with Crippen LogP contribution in [0.4, 0.5) is 4.79 Å². The smallest absolute Gasteiger partial charge is 0.410 e. The standard InChI is InChI=1S/C21H19NO4/c1-13(20(23)24)14-10-22(11-14)21(25)26-12-19-17-8-4-2-6-15(17)16-7-3-5-9-18(16)19/h2-9,19H,10-12H2,1H3,(H,23,24). The second-order valence-electron chi connectivity index (χ2n) is 6.69. The van der Waals surface area contributed by atoms with Crippen molar-refractivity contribution in [1.82, 2.24) is 4.90 Å². The van der Waals surface area contributed by atoms with Crippen LogP contribution in [0.3, 0.4) is 0 Å². The first-order valence-corrected chi connectivity index (χ1v) is 8.58. The number of amides is 1. The number of ether oxygens (including phenoxy) is 1. The number of carbonyl (C=O) groups excluding carboxylic acids is 1. The fourth-order valence-corrected chi connectivity index (χ4v) is 3.62. The molecule has 0 atom stereocenters. The van der Waals surface area contributed by atoms with Crippen LogP contribution in [0.1, 0.15) is 24.0 Å². The van der Waals surface area contributed by atoms with E-state index in [0.29, 0.717) is 18.7 Å². The quantitative estimate of drug-likeness (QED) is 0.859. The minimum Gasteiger partial charge on any atom is -0.478 e. The first-order valence-electron chi connectivity index (χ1n) is 8.58. The number of nitrogens with zero attached hydrogens (tertiary/aromatic N) is 1. The van der Waals surface area contributed by atoms with Crippen LogP contribution < -0.4 is 0 Å². The topological polar surface area (TPSA) is 66.8 Å². The molecule has 5 heteroatoms. The highest BCUT2D eigenvalue weighted by Gasteiger charge is 2.32. The molecule has 132 valence electrons. The molecule has 0 unspecified atom stereocenters. The number of carboxylic acids is 1. The van der Waals surface area contributed by atoms with Crippen molar-refractivity contribution in [2.24, 2.45) is 0 Å². The van der Waals surface area contributed by atoms with Gasteiger partial charge in [-0.3, -0.25) is 0 Å². The molecule has 26 heavy (non-hydrogen) atoms. The molecule has 1 N–H and O–H groups in total. The van der Waals surface area contributed by atoms with Crippen LogP contribution in [0, 0.1) is 0 Å². The van der Waals surface area contributed by atoms with Crippen LogP contribution in [0.25, 0.3) is 11.1 Å². The van der Waals surface area contributed by atoms with E-state index in [-0.39, 0.29) is 12.5 Å². The van der Waals surface area contributed by atoms with Crippen LogP contribution in [0.15, 0.2) is 59.7 Å². The molecule has 0 bridgehead atoms. The molecule has 1 aliphatic carbocycles. The molecule has 4 rings (SSSR count). The van der Waals surface area contributed by atoms with Gasteiger partial charge in [-0.05, 0) is 34.8 Å². The Hall–Kier alpha value is -3.08. The minimum atomic E-state index is -0.938. The molecule has 2 aromatic carbocycles. The van der Waals surface area contributed by atoms with E-state index in [1.54, 1.807) is 6.92 Å². The van der Waals surface area contributed by atoms with Gasteiger partial charge in [0.15, 0.2) is 0 Å². The van der Waals surface area contributed by atoms with Gasteiger partial charge in [0, 0.05) is 24.6 Å². The van der Waals surface area contributed by atoms with Crippen LogP contribution in [0.2, 0.25) is 0 Å². The number of carbonyl (C=O) groups is 2. The summed E-state index contributed by atoms with van der Waals surface area (Å²) in [5, 5.41) is 8.98. The zero-order chi connectivity index (χ0) is 18.3. The summed E-state index contributed by atoms with van der Waals surface area (Å²) in [6, 6.07) is 16.4. The second kappa shape index (κ2) is 6.33. The lowest BCUT2D eigenvalue weighted by Crippen LogP contribution is -2.46. The van der Waals surface area contributed by atoms with E-state index < -0.39 is 12.1 Å². The van der Waals surface area contributed by atoms with Gasteiger partial charge in [-0.2, -0.15) is 0 Å². The predicted molar refractivity (Wildman–Crippen MR) is 97.0 cm³/mol. The molecule has 1 heterocycles. The third kappa shape index (κ3) is 2.65. The van der Waals surface area contributed by atoms with Gasteiger partial charge in [0.1, 0.15) is 6.61 Å². The van der Waals surface area contributed by atoms with Crippen molar-refractivity contribution in [3.63, 3.8) is 0 Å². The van der Waals surface area contributed by atoms with Crippen LogP contribution in [0.5, 0.6) is 0 Å². The first kappa shape index (κ1) is 16.4. The number of likely N-dealkylation sites (tertiary alicyclic amines) is 1. The molecule has 1 fully saturated rings. The molecule has 2 aromatic rings. The van der Waals surface area contributed by atoms with Crippen molar-refractivity contribution in [2.75, 3.05) is 19.7 Å². The lowest BCUT2D eigenvalue weighted by molar-refractivity contribution is -0.132. The summed E-state index contributed by atoms with van der Waals surface area (Å²) in [5.41, 5.74) is 5.81. The molecular weight excluding hydrogens is 330 g/mol. The van der Waals surface area contributed by atoms with Gasteiger partial charge < -0.3 is 14.7 Å². The normalized spacial score (nSPS) is 15.1. The Balaban J connectivity index is 1.45. The highest BCUT2D eigenvalue weighted by atomic mass is 16.6. The SMILES string of the molecule is CC(C(=O)O)=C1CN(C(=O)OCC2c3ccccc3-c3ccccc32)C1. The molecule has 1 saturated heterocycles. The molecule has 1 aliphatic heterocycles. The molecule has 0 aromatic heterocycles. The molecule has 0 saturated carbocycles. The van der Waals surface area contributed by atoms with Gasteiger partial charge in [0.2, 0.25) is 0 Å². The third-order valence-electron chi connectivity index (χ3n) is 5.21. The number of aliphatic carboxylic acids is 1. The van der Waals surface area contributed by atoms with Gasteiger partial charge in [0.25, 0.3) is 0 Å². The average Bonchev–Trinajstić information content (AvgIpc) is 2.92. The van der Waals surface area contributed by atoms with Crippen molar-refractivity contribution >= 4 is 12.1 Å². The van der Waals surface area contributed by atoms with E-state index in [9.17, 15) is 9.59 Å². The van der Waals surface area contributed by atoms with Crippen LogP contribution >= 0.6 is 0 Å². The summed E-state index contributed by atoms with van der Waals surface area (Å²) in [6.45, 7) is 2.50. The average molecular weight is 349 g/mol. The number of hydrogen-bond acceptors (Lipinski definition) is 3. The zero-order valence-corrected chi connectivity index (χ0v) is 14.4. The fourth-order valence-electron chi connectivity index (χ4n) is 3.62. The number of rotatable bonds is 3. The lowest BCUT2D eigenvalue weighted by atomic mass is 9.98. The molecule has 5 nitrogen and oxygen atoms in total. The van der Waals surface area contributed by atoms with Crippen molar-refractivity contribution in [3.05, 3.63) is 70.8 Å². The largest absolute Gasteiger partial charge is 0.478 e. The minimum absolute atomic E-state index is 0.0309. The highest BCUT2D eigenvalue weighted by molar-refractivity contribution is 5.88. The van der Waals surface area contributed by atoms with E-state index in [2.05, 4.69) is 24.3 Å². The Morgan fingerprint density at radius 2 is 1.58 bits per heavy atom. The van der Waals surface area contributed by atoms with Crippen molar-refractivity contribution in [3.8, 4) is 11.1 Å². The highest BCUT2D eigenvalue weighted by Crippen LogP contribution is 2.44. The van der Waals surface area contributed by atoms with Gasteiger partial charge >= 0.3 is 12.1 Å². The Bertz CT molecular complexity index is 878. The van der Waals surface area contributed by atoms with Gasteiger partial charge in [0.05, 0.1) is 0 Å². The molecule has 1 amide bonds. The summed E-state index contributed by atoms with van der Waals surface area (Å²) in [7, 11) is 0. The van der Waals surface area contributed by atoms with Crippen molar-refractivity contribution in [2.45, 2.75) is 12.8 Å². The Labute approximate surface area is 151 Å². The number of benzene rings is 2. The Morgan fingerprint density at radius 3 is 2.12 bits per heavy atom. The fraction of sp³-hybridized carbons (Fsp3) is 0.238. The molecule has 2 aliphatic rings. The molecule has 0 spiro atoms. The summed E-state index contributed by atoms with van der Waals surface area (Å²) >= 11 is 0. The van der Waals surface area contributed by atoms with E-state index in [1.165, 1.54) is 27.2 Å². The summed E-state index contributed by atoms with van der Waals surface area (Å²) in [6.07, 6.45) is -0.395. The first-order chi connectivity index (χ1) is 12.6. The number of carboxylic acid groups (broad SMARTS) is 1. The van der Waals surface area contributed by atoms with E-state index in [0.717, 1.165) is 5.57 Å². The van der Waals surface area contributed by atoms with E-state index >= 15 is 0 Å². The van der Waals surface area contributed by atoms with Gasteiger partial charge in [-0.15, -0.1) is 0 Å². The van der Waals surface area contributed by atoms with Crippen molar-refractivity contribution < 1.29 is 19.4 Å².